The second-order valence-electron chi connectivity index (χ2n) is 5.94. The van der Waals surface area contributed by atoms with E-state index in [1.807, 2.05) is 0 Å². The van der Waals surface area contributed by atoms with E-state index in [-0.39, 0.29) is 23.5 Å². The van der Waals surface area contributed by atoms with Crippen LogP contribution in [0.15, 0.2) is 60.0 Å². The Morgan fingerprint density at radius 1 is 1.38 bits per heavy atom. The van der Waals surface area contributed by atoms with Crippen molar-refractivity contribution in [2.45, 2.75) is 6.54 Å². The Balaban J connectivity index is 1.73. The van der Waals surface area contributed by atoms with E-state index in [1.54, 1.807) is 30.3 Å². The lowest BCUT2D eigenvalue weighted by Crippen LogP contribution is -2.17. The molecule has 0 fully saturated rings. The first-order valence-corrected chi connectivity index (χ1v) is 8.43. The summed E-state index contributed by atoms with van der Waals surface area (Å²) >= 11 is 0. The van der Waals surface area contributed by atoms with Crippen molar-refractivity contribution in [3.63, 3.8) is 0 Å². The van der Waals surface area contributed by atoms with E-state index in [1.165, 1.54) is 42.5 Å². The SMILES string of the molecule is COc1ccc(C=NNC(=O)c2ccccc2O)cc1Cn1cc([N+](=O)[O-])cn1. The van der Waals surface area contributed by atoms with Crippen LogP contribution in [-0.4, -0.2) is 39.0 Å². The number of aromatic nitrogens is 2. The molecule has 0 saturated carbocycles. The first-order valence-electron chi connectivity index (χ1n) is 8.43. The molecule has 2 aromatic carbocycles. The zero-order valence-corrected chi connectivity index (χ0v) is 15.3. The van der Waals surface area contributed by atoms with Crippen LogP contribution in [-0.2, 0) is 6.54 Å². The quantitative estimate of drug-likeness (QED) is 0.358. The van der Waals surface area contributed by atoms with Gasteiger partial charge in [0.25, 0.3) is 5.91 Å². The maximum absolute atomic E-state index is 12.1. The normalized spacial score (nSPS) is 10.8. The number of benzene rings is 2. The van der Waals surface area contributed by atoms with Gasteiger partial charge in [0.05, 0.1) is 30.4 Å². The molecule has 1 amide bonds. The van der Waals surface area contributed by atoms with Crippen molar-refractivity contribution in [3.05, 3.63) is 81.7 Å². The molecule has 0 bridgehead atoms. The minimum absolute atomic E-state index is 0.103. The number of nitro groups is 1. The van der Waals surface area contributed by atoms with Gasteiger partial charge >= 0.3 is 5.69 Å². The van der Waals surface area contributed by atoms with Gasteiger partial charge < -0.3 is 9.84 Å². The fourth-order valence-corrected chi connectivity index (χ4v) is 2.60. The van der Waals surface area contributed by atoms with Gasteiger partial charge in [-0.1, -0.05) is 12.1 Å². The number of amides is 1. The number of hydrazone groups is 1. The Bertz CT molecular complexity index is 1080. The molecular weight excluding hydrogens is 378 g/mol. The van der Waals surface area contributed by atoms with E-state index in [0.717, 1.165) is 5.56 Å². The summed E-state index contributed by atoms with van der Waals surface area (Å²) in [7, 11) is 1.52. The third-order valence-electron chi connectivity index (χ3n) is 4.00. The Morgan fingerprint density at radius 2 is 2.17 bits per heavy atom. The summed E-state index contributed by atoms with van der Waals surface area (Å²) in [5.41, 5.74) is 3.75. The van der Waals surface area contributed by atoms with Crippen LogP contribution in [0.25, 0.3) is 0 Å². The van der Waals surface area contributed by atoms with Crippen molar-refractivity contribution in [2.75, 3.05) is 7.11 Å². The first-order chi connectivity index (χ1) is 14.0. The molecular formula is C19H17N5O5. The minimum Gasteiger partial charge on any atom is -0.507 e. The molecule has 148 valence electrons. The number of phenols is 1. The van der Waals surface area contributed by atoms with E-state index in [2.05, 4.69) is 15.6 Å². The number of para-hydroxylation sites is 1. The number of hydrogen-bond acceptors (Lipinski definition) is 7. The fraction of sp³-hybridized carbons (Fsp3) is 0.105. The van der Waals surface area contributed by atoms with Crippen LogP contribution in [0.2, 0.25) is 0 Å². The van der Waals surface area contributed by atoms with Gasteiger partial charge in [-0.15, -0.1) is 0 Å². The molecule has 1 aromatic heterocycles. The fourth-order valence-electron chi connectivity index (χ4n) is 2.60. The van der Waals surface area contributed by atoms with Crippen LogP contribution in [0, 0.1) is 10.1 Å². The Labute approximate surface area is 165 Å². The zero-order valence-electron chi connectivity index (χ0n) is 15.3. The van der Waals surface area contributed by atoms with Crippen molar-refractivity contribution < 1.29 is 19.6 Å². The maximum Gasteiger partial charge on any atom is 0.307 e. The molecule has 3 rings (SSSR count). The highest BCUT2D eigenvalue weighted by molar-refractivity contribution is 5.97. The van der Waals surface area contributed by atoms with Gasteiger partial charge in [0.1, 0.15) is 23.9 Å². The molecule has 1 heterocycles. The van der Waals surface area contributed by atoms with Crippen molar-refractivity contribution in [3.8, 4) is 11.5 Å². The van der Waals surface area contributed by atoms with Crippen LogP contribution in [0.4, 0.5) is 5.69 Å². The molecule has 0 aliphatic rings. The monoisotopic (exact) mass is 395 g/mol. The number of nitrogens with one attached hydrogen (secondary N) is 1. The summed E-state index contributed by atoms with van der Waals surface area (Å²) in [5, 5.41) is 28.4. The second-order valence-corrected chi connectivity index (χ2v) is 5.94. The lowest BCUT2D eigenvalue weighted by atomic mass is 10.1. The molecule has 2 N–H and O–H groups in total. The molecule has 0 aliphatic carbocycles. The average molecular weight is 395 g/mol. The third-order valence-corrected chi connectivity index (χ3v) is 4.00. The van der Waals surface area contributed by atoms with Gasteiger partial charge in [0, 0.05) is 5.56 Å². The van der Waals surface area contributed by atoms with Crippen molar-refractivity contribution in [1.82, 2.24) is 15.2 Å². The zero-order chi connectivity index (χ0) is 20.8. The topological polar surface area (TPSA) is 132 Å². The number of methoxy groups -OCH3 is 1. The van der Waals surface area contributed by atoms with Gasteiger partial charge in [0.15, 0.2) is 0 Å². The highest BCUT2D eigenvalue weighted by Gasteiger charge is 2.12. The molecule has 0 radical (unpaired) electrons. The number of rotatable bonds is 7. The maximum atomic E-state index is 12.1. The third kappa shape index (κ3) is 4.75. The predicted molar refractivity (Wildman–Crippen MR) is 104 cm³/mol. The molecule has 0 atom stereocenters. The molecule has 10 nitrogen and oxygen atoms in total. The lowest BCUT2D eigenvalue weighted by molar-refractivity contribution is -0.385. The van der Waals surface area contributed by atoms with Gasteiger partial charge in [-0.3, -0.25) is 19.6 Å². The highest BCUT2D eigenvalue weighted by Crippen LogP contribution is 2.21. The van der Waals surface area contributed by atoms with E-state index >= 15 is 0 Å². The molecule has 10 heteroatoms. The average Bonchev–Trinajstić information content (AvgIpc) is 3.17. The highest BCUT2D eigenvalue weighted by atomic mass is 16.6. The van der Waals surface area contributed by atoms with Crippen molar-refractivity contribution >= 4 is 17.8 Å². The summed E-state index contributed by atoms with van der Waals surface area (Å²) in [6.45, 7) is 0.253. The molecule has 0 unspecified atom stereocenters. The van der Waals surface area contributed by atoms with Crippen LogP contribution in [0.5, 0.6) is 11.5 Å². The lowest BCUT2D eigenvalue weighted by Gasteiger charge is -2.09. The van der Waals surface area contributed by atoms with Gasteiger partial charge in [-0.05, 0) is 35.9 Å². The van der Waals surface area contributed by atoms with Crippen LogP contribution < -0.4 is 10.2 Å². The Morgan fingerprint density at radius 3 is 2.86 bits per heavy atom. The second kappa shape index (κ2) is 8.65. The first kappa shape index (κ1) is 19.5. The summed E-state index contributed by atoms with van der Waals surface area (Å²) in [6, 6.07) is 11.4. The van der Waals surface area contributed by atoms with Gasteiger partial charge in [0.2, 0.25) is 0 Å². The minimum atomic E-state index is -0.545. The van der Waals surface area contributed by atoms with Crippen LogP contribution in [0.3, 0.4) is 0 Å². The number of ether oxygens (including phenoxy) is 1. The molecule has 29 heavy (non-hydrogen) atoms. The Hall–Kier alpha value is -4.21. The van der Waals surface area contributed by atoms with E-state index < -0.39 is 10.8 Å². The molecule has 3 aromatic rings. The van der Waals surface area contributed by atoms with E-state index in [0.29, 0.717) is 11.3 Å². The molecule has 0 saturated heterocycles. The van der Waals surface area contributed by atoms with Gasteiger partial charge in [-0.2, -0.15) is 10.2 Å². The van der Waals surface area contributed by atoms with Crippen molar-refractivity contribution in [2.24, 2.45) is 5.10 Å². The number of nitrogens with zero attached hydrogens (tertiary/aromatic N) is 4. The van der Waals surface area contributed by atoms with Crippen LogP contribution in [0.1, 0.15) is 21.5 Å². The molecule has 0 aliphatic heterocycles. The number of aromatic hydroxyl groups is 1. The number of carbonyl (C=O) groups is 1. The van der Waals surface area contributed by atoms with E-state index in [4.69, 9.17) is 4.74 Å². The smallest absolute Gasteiger partial charge is 0.307 e. The number of phenolic OH excluding ortho intramolecular Hbond substituents is 1. The predicted octanol–water partition coefficient (Wildman–Crippen LogP) is 2.32. The van der Waals surface area contributed by atoms with Gasteiger partial charge in [-0.25, -0.2) is 5.43 Å². The summed E-state index contributed by atoms with van der Waals surface area (Å²) in [5.74, 6) is -0.101. The van der Waals surface area contributed by atoms with E-state index in [9.17, 15) is 20.0 Å². The summed E-state index contributed by atoms with van der Waals surface area (Å²) in [4.78, 5) is 22.3. The molecule has 0 spiro atoms. The Kier molecular flexibility index (Phi) is 5.83. The summed E-state index contributed by atoms with van der Waals surface area (Å²) in [6.07, 6.45) is 3.94. The number of carbonyl (C=O) groups excluding carboxylic acids is 1. The summed E-state index contributed by atoms with van der Waals surface area (Å²) < 4.78 is 6.75. The number of hydrogen-bond donors (Lipinski definition) is 2. The van der Waals surface area contributed by atoms with Crippen LogP contribution >= 0.6 is 0 Å². The largest absolute Gasteiger partial charge is 0.507 e. The standard InChI is InChI=1S/C19H17N5O5/c1-29-18-7-6-13(8-14(18)11-23-12-15(10-21-23)24(27)28)9-20-22-19(26)16-4-2-3-5-17(16)25/h2-10,12,25H,11H2,1H3,(H,22,26). The van der Waals surface area contributed by atoms with Crippen molar-refractivity contribution in [1.29, 1.82) is 0 Å².